The van der Waals surface area contributed by atoms with Gasteiger partial charge in [-0.3, -0.25) is 24.4 Å². The van der Waals surface area contributed by atoms with Gasteiger partial charge >= 0.3 is 18.3 Å². The Morgan fingerprint density at radius 3 is 1.36 bits per heavy atom. The second-order valence-electron chi connectivity index (χ2n) is 18.6. The number of aryl methyl sites for hydroxylation is 2. The fourth-order valence-electron chi connectivity index (χ4n) is 7.98. The molecule has 420 valence electrons. The topological polar surface area (TPSA) is 234 Å². The number of furan rings is 2. The second kappa shape index (κ2) is 23.6. The van der Waals surface area contributed by atoms with E-state index in [9.17, 15) is 63.1 Å². The Hall–Kier alpha value is -9.26. The van der Waals surface area contributed by atoms with Gasteiger partial charge in [0.15, 0.2) is 11.6 Å². The molecule has 81 heavy (non-hydrogen) atoms. The van der Waals surface area contributed by atoms with Gasteiger partial charge in [-0.2, -0.15) is 26.3 Å². The van der Waals surface area contributed by atoms with E-state index in [4.69, 9.17) is 25.4 Å². The van der Waals surface area contributed by atoms with Crippen molar-refractivity contribution in [2.24, 2.45) is 0 Å². The number of carbonyl (C=O) groups is 4. The number of alkyl halides is 10. The van der Waals surface area contributed by atoms with Gasteiger partial charge in [-0.15, -0.1) is 0 Å². The maximum Gasteiger partial charge on any atom is 0.420 e. The predicted octanol–water partition coefficient (Wildman–Crippen LogP) is 11.4. The number of hydrogen-bond donors (Lipinski definition) is 4. The van der Waals surface area contributed by atoms with E-state index in [2.05, 4.69) is 25.3 Å². The third-order valence-corrected chi connectivity index (χ3v) is 12.2. The van der Waals surface area contributed by atoms with Gasteiger partial charge in [-0.25, -0.2) is 32.3 Å². The molecule has 2 saturated heterocycles. The Bertz CT molecular complexity index is 3660. The van der Waals surface area contributed by atoms with Crippen molar-refractivity contribution in [3.05, 3.63) is 167 Å². The van der Waals surface area contributed by atoms with Gasteiger partial charge in [0.2, 0.25) is 0 Å². The van der Waals surface area contributed by atoms with Crippen molar-refractivity contribution in [2.75, 3.05) is 37.6 Å². The highest BCUT2D eigenvalue weighted by molar-refractivity contribution is 5.96. The van der Waals surface area contributed by atoms with Crippen molar-refractivity contribution in [3.63, 3.8) is 0 Å². The van der Waals surface area contributed by atoms with E-state index < -0.39 is 60.3 Å². The molecule has 8 heterocycles. The first-order chi connectivity index (χ1) is 38.2. The standard InChI is InChI=1S/C28H21F5N4O3.C25H18F3N3O4.C3H5F2N/c29-27(30)14-37(15-27)26(39)17-3-7-23(35-13-17)18-9-19-10-21(40-25(19)22(11-18)28(31,32)33)6-5-20(38)4-1-16-2-8-24(34)36-12-16;26-25(27,28)20-11-16(21-7-3-15(13-30-21)24(33)34)9-17-10-19(35-23(17)20)6-5-18(32)4-1-14-2-8-22(29)31-12-14;4-3(5)1-6-2-3/h1-4,7-13H,5-6,14-15H2,(H2,34,36);1-4,7-13H,5-6H2,(H2,29,31)(H,33,34);6H,1-2H2/b2*4-1+;. The number of rotatable bonds is 14. The molecule has 6 N–H and O–H groups in total. The molecule has 6 aromatic heterocycles. The smallest absolute Gasteiger partial charge is 0.420 e. The highest BCUT2D eigenvalue weighted by Gasteiger charge is 2.46. The number of anilines is 2. The number of benzene rings is 2. The molecule has 2 aliphatic heterocycles. The molecule has 0 unspecified atom stereocenters. The predicted molar refractivity (Wildman–Crippen MR) is 277 cm³/mol. The zero-order valence-electron chi connectivity index (χ0n) is 41.9. The Kier molecular flexibility index (Phi) is 16.9. The van der Waals surface area contributed by atoms with Gasteiger partial charge < -0.3 is 35.6 Å². The Morgan fingerprint density at radius 2 is 1.02 bits per heavy atom. The number of halogens is 10. The molecular weight excluding hydrogens is 1090 g/mol. The summed E-state index contributed by atoms with van der Waals surface area (Å²) in [4.78, 5) is 64.7. The van der Waals surface area contributed by atoms with E-state index in [0.29, 0.717) is 22.8 Å². The summed E-state index contributed by atoms with van der Waals surface area (Å²) < 4.78 is 143. The third-order valence-electron chi connectivity index (χ3n) is 12.2. The first kappa shape index (κ1) is 57.9. The van der Waals surface area contributed by atoms with Crippen LogP contribution in [-0.4, -0.2) is 91.4 Å². The number of carbonyl (C=O) groups excluding carboxylic acids is 3. The van der Waals surface area contributed by atoms with Crippen molar-refractivity contribution < 1.29 is 77.0 Å². The van der Waals surface area contributed by atoms with Crippen molar-refractivity contribution in [2.45, 2.75) is 49.9 Å². The lowest BCUT2D eigenvalue weighted by Gasteiger charge is -2.38. The number of hydrogen-bond acceptors (Lipinski definition) is 13. The highest BCUT2D eigenvalue weighted by Crippen LogP contribution is 2.41. The van der Waals surface area contributed by atoms with Gasteiger partial charge in [-0.05, 0) is 120 Å². The summed E-state index contributed by atoms with van der Waals surface area (Å²) in [5.74, 6) is -6.50. The van der Waals surface area contributed by atoms with Crippen LogP contribution in [-0.2, 0) is 34.8 Å². The molecular formula is C56H44F10N8O7. The molecule has 0 bridgehead atoms. The Labute approximate surface area is 452 Å². The number of amides is 1. The lowest BCUT2D eigenvalue weighted by Crippen LogP contribution is -2.58. The minimum Gasteiger partial charge on any atom is -0.478 e. The number of nitrogens with two attached hydrogens (primary N) is 2. The second-order valence-corrected chi connectivity index (χ2v) is 18.6. The van der Waals surface area contributed by atoms with Crippen LogP contribution in [0.25, 0.3) is 56.6 Å². The number of aromatic carboxylic acids is 1. The van der Waals surface area contributed by atoms with Crippen molar-refractivity contribution in [1.29, 1.82) is 0 Å². The summed E-state index contributed by atoms with van der Waals surface area (Å²) >= 11 is 0. The van der Waals surface area contributed by atoms with Crippen LogP contribution in [0.4, 0.5) is 55.5 Å². The van der Waals surface area contributed by atoms with Gasteiger partial charge in [0, 0.05) is 72.4 Å². The number of likely N-dealkylation sites (tertiary alicyclic amines) is 1. The third kappa shape index (κ3) is 15.1. The zero-order chi connectivity index (χ0) is 58.4. The number of carboxylic acids is 1. The van der Waals surface area contributed by atoms with Crippen molar-refractivity contribution >= 4 is 69.2 Å². The van der Waals surface area contributed by atoms with E-state index in [1.54, 1.807) is 36.4 Å². The van der Waals surface area contributed by atoms with Gasteiger partial charge in [0.25, 0.3) is 17.8 Å². The van der Waals surface area contributed by atoms with Crippen LogP contribution in [0, 0.1) is 0 Å². The van der Waals surface area contributed by atoms with Crippen LogP contribution >= 0.6 is 0 Å². The van der Waals surface area contributed by atoms with Gasteiger partial charge in [-0.1, -0.05) is 0 Å². The fourth-order valence-corrected chi connectivity index (χ4v) is 7.98. The summed E-state index contributed by atoms with van der Waals surface area (Å²) in [6.07, 6.45) is 1.87. The molecule has 15 nitrogen and oxygen atoms in total. The monoisotopic (exact) mass is 1130 g/mol. The number of allylic oxidation sites excluding steroid dienone is 2. The average molecular weight is 1130 g/mol. The van der Waals surface area contributed by atoms with Crippen LogP contribution in [0.3, 0.4) is 0 Å². The molecule has 0 aliphatic carbocycles. The van der Waals surface area contributed by atoms with E-state index >= 15 is 0 Å². The number of aromatic nitrogens is 4. The number of pyridine rings is 4. The van der Waals surface area contributed by atoms with Gasteiger partial charge in [0.05, 0.1) is 59.8 Å². The zero-order valence-corrected chi connectivity index (χ0v) is 41.9. The highest BCUT2D eigenvalue weighted by atomic mass is 19.4. The first-order valence-electron chi connectivity index (χ1n) is 24.2. The number of nitrogens with zero attached hydrogens (tertiary/aromatic N) is 5. The average Bonchev–Trinajstić information content (AvgIpc) is 4.18. The SMILES string of the molecule is FC1(F)CNC1.Nc1ccc(/C=C/C(=O)CCc2cc3cc(-c4ccc(C(=O)N5CC(F)(F)C5)cn4)cc(C(F)(F)F)c3o2)cn1.Nc1ccc(/C=C/C(=O)CCc2cc3cc(-c4ccc(C(=O)O)cn4)cc(C(F)(F)F)c3o2)cn1. The van der Waals surface area contributed by atoms with E-state index in [0.717, 1.165) is 29.4 Å². The number of nitrogens with one attached hydrogen (secondary N) is 1. The molecule has 8 aromatic rings. The number of fused-ring (bicyclic) bond motifs is 2. The Balaban J connectivity index is 0.000000194. The molecule has 25 heteroatoms. The van der Waals surface area contributed by atoms with Crippen LogP contribution in [0.1, 0.15) is 67.3 Å². The first-order valence-corrected chi connectivity index (χ1v) is 24.2. The minimum absolute atomic E-state index is 0.00687. The fraction of sp³-hybridized carbons (Fsp3) is 0.214. The van der Waals surface area contributed by atoms with Crippen LogP contribution in [0.5, 0.6) is 0 Å². The molecule has 1 amide bonds. The van der Waals surface area contributed by atoms with Crippen LogP contribution < -0.4 is 16.8 Å². The molecule has 0 atom stereocenters. The maximum absolute atomic E-state index is 13.9. The molecule has 10 rings (SSSR count). The van der Waals surface area contributed by atoms with E-state index in [1.165, 1.54) is 73.1 Å². The van der Waals surface area contributed by atoms with Crippen LogP contribution in [0.2, 0.25) is 0 Å². The number of ketones is 2. The summed E-state index contributed by atoms with van der Waals surface area (Å²) in [6.45, 7) is -1.64. The molecule has 0 spiro atoms. The van der Waals surface area contributed by atoms with E-state index in [1.807, 2.05) is 0 Å². The van der Waals surface area contributed by atoms with Crippen LogP contribution in [0.15, 0.2) is 131 Å². The maximum atomic E-state index is 13.9. The lowest BCUT2D eigenvalue weighted by molar-refractivity contribution is -0.137. The minimum atomic E-state index is -4.74. The molecule has 2 aromatic carbocycles. The summed E-state index contributed by atoms with van der Waals surface area (Å²) in [6, 6.07) is 19.5. The van der Waals surface area contributed by atoms with Crippen molar-refractivity contribution in [1.82, 2.24) is 30.2 Å². The van der Waals surface area contributed by atoms with E-state index in [-0.39, 0.29) is 117 Å². The lowest BCUT2D eigenvalue weighted by atomic mass is 10.0. The largest absolute Gasteiger partial charge is 0.478 e. The molecule has 2 fully saturated rings. The quantitative estimate of drug-likeness (QED) is 0.0586. The number of carboxylic acid groups (broad SMARTS) is 1. The summed E-state index contributed by atoms with van der Waals surface area (Å²) in [5.41, 5.74) is 10.3. The number of nitrogen functional groups attached to an aromatic ring is 2. The van der Waals surface area contributed by atoms with Crippen molar-refractivity contribution in [3.8, 4) is 22.5 Å². The molecule has 2 aliphatic rings. The van der Waals surface area contributed by atoms with Gasteiger partial charge in [0.1, 0.15) is 34.3 Å². The normalized spacial score (nSPS) is 14.7. The molecule has 0 radical (unpaired) electrons. The summed E-state index contributed by atoms with van der Waals surface area (Å²) in [7, 11) is 0. The molecule has 0 saturated carbocycles. The summed E-state index contributed by atoms with van der Waals surface area (Å²) in [5, 5.41) is 11.8. The Morgan fingerprint density at radius 1 is 0.593 bits per heavy atom.